The molecule has 0 spiro atoms. The first-order valence-electron chi connectivity index (χ1n) is 3.15. The number of carboxylic acid groups (broad SMARTS) is 1. The van der Waals surface area contributed by atoms with Crippen molar-refractivity contribution >= 4 is 23.4 Å². The quantitative estimate of drug-likeness (QED) is 0.691. The third kappa shape index (κ3) is 1.48. The summed E-state index contributed by atoms with van der Waals surface area (Å²) < 4.78 is 0. The maximum atomic E-state index is 10.8. The monoisotopic (exact) mass is 187 g/mol. The summed E-state index contributed by atoms with van der Waals surface area (Å²) in [4.78, 5) is 23.6. The fraction of sp³-hybridized carbons (Fsp3) is 0.143. The standard InChI is InChI=1S/C7H6ClNO3/c1-3(10)5-2-4(8)6(9-5)7(11)12/h2,9H,1H3,(H,11,12). The number of rotatable bonds is 2. The number of aromatic nitrogens is 1. The smallest absolute Gasteiger partial charge is 0.353 e. The lowest BCUT2D eigenvalue weighted by molar-refractivity contribution is 0.0691. The summed E-state index contributed by atoms with van der Waals surface area (Å²) >= 11 is 5.52. The molecule has 1 aromatic rings. The van der Waals surface area contributed by atoms with Crippen LogP contribution in [0.4, 0.5) is 0 Å². The Bertz CT molecular complexity index is 342. The molecule has 0 bridgehead atoms. The van der Waals surface area contributed by atoms with Crippen molar-refractivity contribution in [3.63, 3.8) is 0 Å². The zero-order valence-corrected chi connectivity index (χ0v) is 6.97. The normalized spacial score (nSPS) is 9.83. The predicted octanol–water partition coefficient (Wildman–Crippen LogP) is 1.57. The summed E-state index contributed by atoms with van der Waals surface area (Å²) in [6.45, 7) is 1.33. The molecule has 0 unspecified atom stereocenters. The number of aromatic carboxylic acids is 1. The molecule has 0 atom stereocenters. The van der Waals surface area contributed by atoms with E-state index in [1.165, 1.54) is 13.0 Å². The van der Waals surface area contributed by atoms with E-state index in [0.717, 1.165) is 0 Å². The summed E-state index contributed by atoms with van der Waals surface area (Å²) in [5, 5.41) is 8.58. The Morgan fingerprint density at radius 3 is 2.42 bits per heavy atom. The van der Waals surface area contributed by atoms with Crippen LogP contribution in [0.3, 0.4) is 0 Å². The Kier molecular flexibility index (Phi) is 2.19. The highest BCUT2D eigenvalue weighted by Crippen LogP contribution is 2.17. The molecule has 1 heterocycles. The van der Waals surface area contributed by atoms with Crippen molar-refractivity contribution in [3.8, 4) is 0 Å². The fourth-order valence-electron chi connectivity index (χ4n) is 0.775. The maximum absolute atomic E-state index is 10.8. The molecule has 2 N–H and O–H groups in total. The zero-order chi connectivity index (χ0) is 9.30. The van der Waals surface area contributed by atoms with Crippen molar-refractivity contribution in [2.24, 2.45) is 0 Å². The Hall–Kier alpha value is -1.29. The number of hydrogen-bond donors (Lipinski definition) is 2. The molecule has 0 aliphatic heterocycles. The molecule has 1 aromatic heterocycles. The van der Waals surface area contributed by atoms with Crippen molar-refractivity contribution in [2.45, 2.75) is 6.92 Å². The second kappa shape index (κ2) is 2.98. The maximum Gasteiger partial charge on any atom is 0.353 e. The van der Waals surface area contributed by atoms with Crippen molar-refractivity contribution in [2.75, 3.05) is 0 Å². The molecule has 5 heteroatoms. The molecule has 12 heavy (non-hydrogen) atoms. The molecule has 0 aliphatic carbocycles. The molecular formula is C7H6ClNO3. The van der Waals surface area contributed by atoms with E-state index in [2.05, 4.69) is 4.98 Å². The Balaban J connectivity index is 3.17. The number of carbonyl (C=O) groups excluding carboxylic acids is 1. The van der Waals surface area contributed by atoms with Gasteiger partial charge in [-0.15, -0.1) is 0 Å². The summed E-state index contributed by atoms with van der Waals surface area (Å²) in [6, 6.07) is 1.30. The van der Waals surface area contributed by atoms with Crippen LogP contribution in [0, 0.1) is 0 Å². The van der Waals surface area contributed by atoms with Gasteiger partial charge in [0.1, 0.15) is 5.69 Å². The third-order valence-electron chi connectivity index (χ3n) is 1.36. The van der Waals surface area contributed by atoms with E-state index in [1.54, 1.807) is 0 Å². The van der Waals surface area contributed by atoms with Gasteiger partial charge in [0.2, 0.25) is 0 Å². The predicted molar refractivity (Wildman–Crippen MR) is 42.8 cm³/mol. The molecular weight excluding hydrogens is 182 g/mol. The first-order chi connectivity index (χ1) is 5.52. The van der Waals surface area contributed by atoms with E-state index >= 15 is 0 Å². The van der Waals surface area contributed by atoms with Gasteiger partial charge in [-0.3, -0.25) is 4.79 Å². The average molecular weight is 188 g/mol. The minimum Gasteiger partial charge on any atom is -0.477 e. The molecule has 64 valence electrons. The summed E-state index contributed by atoms with van der Waals surface area (Å²) in [5.41, 5.74) is 0.0549. The van der Waals surface area contributed by atoms with Crippen LogP contribution in [0.5, 0.6) is 0 Å². The highest BCUT2D eigenvalue weighted by molar-refractivity contribution is 6.33. The van der Waals surface area contributed by atoms with Crippen LogP contribution in [0.15, 0.2) is 6.07 Å². The molecule has 0 saturated carbocycles. The van der Waals surface area contributed by atoms with E-state index < -0.39 is 5.97 Å². The number of nitrogens with one attached hydrogen (secondary N) is 1. The first-order valence-corrected chi connectivity index (χ1v) is 3.53. The second-order valence-corrected chi connectivity index (χ2v) is 2.67. The minimum atomic E-state index is -1.17. The van der Waals surface area contributed by atoms with Crippen molar-refractivity contribution in [1.29, 1.82) is 0 Å². The summed E-state index contributed by atoms with van der Waals surface area (Å²) in [6.07, 6.45) is 0. The number of hydrogen-bond acceptors (Lipinski definition) is 2. The lowest BCUT2D eigenvalue weighted by Crippen LogP contribution is -1.99. The van der Waals surface area contributed by atoms with Crippen molar-refractivity contribution in [3.05, 3.63) is 22.5 Å². The topological polar surface area (TPSA) is 70.2 Å². The fourth-order valence-corrected chi connectivity index (χ4v) is 1.01. The van der Waals surface area contributed by atoms with Gasteiger partial charge in [0.25, 0.3) is 0 Å². The van der Waals surface area contributed by atoms with Gasteiger partial charge in [-0.25, -0.2) is 4.79 Å². The molecule has 0 saturated heterocycles. The SMILES string of the molecule is CC(=O)c1cc(Cl)c(C(=O)O)[nH]1. The number of ketones is 1. The minimum absolute atomic E-state index is 0.0488. The molecule has 0 aliphatic rings. The largest absolute Gasteiger partial charge is 0.477 e. The van der Waals surface area contributed by atoms with Crippen LogP contribution >= 0.6 is 11.6 Å². The van der Waals surface area contributed by atoms with E-state index in [-0.39, 0.29) is 22.2 Å². The van der Waals surface area contributed by atoms with Gasteiger partial charge in [-0.05, 0) is 6.07 Å². The highest BCUT2D eigenvalue weighted by atomic mass is 35.5. The molecule has 1 rings (SSSR count). The Morgan fingerprint density at radius 1 is 1.58 bits per heavy atom. The Morgan fingerprint density at radius 2 is 2.17 bits per heavy atom. The van der Waals surface area contributed by atoms with E-state index in [4.69, 9.17) is 16.7 Å². The lowest BCUT2D eigenvalue weighted by atomic mass is 10.3. The molecule has 0 aromatic carbocycles. The van der Waals surface area contributed by atoms with Gasteiger partial charge in [0.15, 0.2) is 5.78 Å². The molecule has 4 nitrogen and oxygen atoms in total. The third-order valence-corrected chi connectivity index (χ3v) is 1.66. The zero-order valence-electron chi connectivity index (χ0n) is 6.22. The number of carbonyl (C=O) groups is 2. The highest BCUT2D eigenvalue weighted by Gasteiger charge is 2.14. The van der Waals surface area contributed by atoms with Gasteiger partial charge in [0.05, 0.1) is 10.7 Å². The van der Waals surface area contributed by atoms with Gasteiger partial charge in [-0.1, -0.05) is 11.6 Å². The second-order valence-electron chi connectivity index (χ2n) is 2.27. The summed E-state index contributed by atoms with van der Waals surface area (Å²) in [7, 11) is 0. The van der Waals surface area contributed by atoms with Gasteiger partial charge in [-0.2, -0.15) is 0 Å². The van der Waals surface area contributed by atoms with Crippen LogP contribution in [0.1, 0.15) is 27.9 Å². The Labute approximate surface area is 73.2 Å². The molecule has 0 fully saturated rings. The number of halogens is 1. The van der Waals surface area contributed by atoms with Crippen LogP contribution in [-0.2, 0) is 0 Å². The van der Waals surface area contributed by atoms with Crippen LogP contribution in [0.2, 0.25) is 5.02 Å². The number of aromatic amines is 1. The van der Waals surface area contributed by atoms with Crippen molar-refractivity contribution in [1.82, 2.24) is 4.98 Å². The number of carboxylic acids is 1. The van der Waals surface area contributed by atoms with Gasteiger partial charge < -0.3 is 10.1 Å². The van der Waals surface area contributed by atoms with E-state index in [1.807, 2.05) is 0 Å². The van der Waals surface area contributed by atoms with Crippen LogP contribution < -0.4 is 0 Å². The average Bonchev–Trinajstić information content (AvgIpc) is 2.30. The van der Waals surface area contributed by atoms with Crippen LogP contribution in [-0.4, -0.2) is 21.8 Å². The van der Waals surface area contributed by atoms with Gasteiger partial charge in [0, 0.05) is 6.92 Å². The molecule has 0 amide bonds. The number of H-pyrrole nitrogens is 1. The first kappa shape index (κ1) is 8.80. The lowest BCUT2D eigenvalue weighted by Gasteiger charge is -1.87. The number of Topliss-reactive ketones (excluding diaryl/α,β-unsaturated/α-hetero) is 1. The van der Waals surface area contributed by atoms with E-state index in [9.17, 15) is 9.59 Å². The van der Waals surface area contributed by atoms with E-state index in [0.29, 0.717) is 0 Å². The van der Waals surface area contributed by atoms with Gasteiger partial charge >= 0.3 is 5.97 Å². The van der Waals surface area contributed by atoms with Crippen molar-refractivity contribution < 1.29 is 14.7 Å². The van der Waals surface area contributed by atoms with Crippen LogP contribution in [0.25, 0.3) is 0 Å². The summed E-state index contributed by atoms with van der Waals surface area (Å²) in [5.74, 6) is -1.42. The molecule has 0 radical (unpaired) electrons.